The minimum absolute atomic E-state index is 1.13. The van der Waals surface area contributed by atoms with Crippen molar-refractivity contribution in [2.75, 3.05) is 9.80 Å². The largest absolute Gasteiger partial charge is 0.310 e. The Hall–Kier alpha value is -6.20. The van der Waals surface area contributed by atoms with Crippen LogP contribution in [0.15, 0.2) is 194 Å². The van der Waals surface area contributed by atoms with Gasteiger partial charge in [-0.2, -0.15) is 0 Å². The summed E-state index contributed by atoms with van der Waals surface area (Å²) < 4.78 is 5.21. The molecule has 2 heterocycles. The van der Waals surface area contributed by atoms with Gasteiger partial charge >= 0.3 is 0 Å². The number of para-hydroxylation sites is 3. The molecule has 2 aromatic heterocycles. The molecule has 0 unspecified atom stereocenters. The third kappa shape index (κ3) is 5.41. The summed E-state index contributed by atoms with van der Waals surface area (Å²) >= 11 is 3.72. The van der Waals surface area contributed by atoms with Gasteiger partial charge in [-0.05, 0) is 102 Å². The number of hydrogen-bond acceptors (Lipinski definition) is 4. The highest BCUT2D eigenvalue weighted by Gasteiger charge is 2.17. The highest BCUT2D eigenvalue weighted by molar-refractivity contribution is 7.26. The van der Waals surface area contributed by atoms with Crippen LogP contribution in [0.25, 0.3) is 51.5 Å². The molecule has 2 nitrogen and oxygen atoms in total. The standard InChI is InChI=1S/C48H32N2S2/c1-4-12-35(13-5-1)49(36-14-6-2-7-15-36)40-25-28-43-44-31-39(26-29-46(44)52-48(43)32-40)50(37-16-8-3-9-17-37)38-23-20-33(21-24-38)34-22-27-42-41-18-10-11-19-45(41)51-47(42)30-34/h1-32H. The van der Waals surface area contributed by atoms with Gasteiger partial charge in [-0.3, -0.25) is 0 Å². The van der Waals surface area contributed by atoms with Crippen LogP contribution in [0.3, 0.4) is 0 Å². The number of thiophene rings is 2. The average Bonchev–Trinajstić information content (AvgIpc) is 3.77. The number of fused-ring (bicyclic) bond motifs is 6. The Morgan fingerprint density at radius 1 is 0.250 bits per heavy atom. The summed E-state index contributed by atoms with van der Waals surface area (Å²) in [6.07, 6.45) is 0. The van der Waals surface area contributed by atoms with E-state index in [1.807, 2.05) is 22.7 Å². The molecule has 0 aliphatic rings. The smallest absolute Gasteiger partial charge is 0.0476 e. The quantitative estimate of drug-likeness (QED) is 0.163. The Kier molecular flexibility index (Phi) is 7.56. The van der Waals surface area contributed by atoms with Crippen LogP contribution in [0.5, 0.6) is 0 Å². The third-order valence-electron chi connectivity index (χ3n) is 9.84. The molecule has 8 aromatic carbocycles. The minimum atomic E-state index is 1.13. The second-order valence-corrected chi connectivity index (χ2v) is 15.2. The van der Waals surface area contributed by atoms with E-state index >= 15 is 0 Å². The van der Waals surface area contributed by atoms with E-state index < -0.39 is 0 Å². The summed E-state index contributed by atoms with van der Waals surface area (Å²) in [4.78, 5) is 4.69. The predicted octanol–water partition coefficient (Wildman–Crippen LogP) is 15.0. The van der Waals surface area contributed by atoms with Gasteiger partial charge in [0, 0.05) is 74.5 Å². The van der Waals surface area contributed by atoms with Crippen LogP contribution in [0.2, 0.25) is 0 Å². The van der Waals surface area contributed by atoms with Crippen molar-refractivity contribution >= 4 is 97.1 Å². The van der Waals surface area contributed by atoms with E-state index in [9.17, 15) is 0 Å². The Morgan fingerprint density at radius 2 is 0.673 bits per heavy atom. The molecule has 0 N–H and O–H groups in total. The molecule has 10 rings (SSSR count). The fourth-order valence-corrected chi connectivity index (χ4v) is 9.63. The van der Waals surface area contributed by atoms with E-state index in [1.54, 1.807) is 0 Å². The van der Waals surface area contributed by atoms with E-state index in [4.69, 9.17) is 0 Å². The number of hydrogen-bond donors (Lipinski definition) is 0. The molecule has 10 aromatic rings. The molecule has 0 spiro atoms. The molecule has 0 bridgehead atoms. The van der Waals surface area contributed by atoms with E-state index in [2.05, 4.69) is 204 Å². The van der Waals surface area contributed by atoms with Crippen molar-refractivity contribution in [1.29, 1.82) is 0 Å². The SMILES string of the molecule is c1ccc(N(c2ccccc2)c2ccc3c(c2)sc2ccc(N(c4ccccc4)c4ccc(-c5ccc6c(c5)sc5ccccc56)cc4)cc23)cc1. The number of benzene rings is 8. The summed E-state index contributed by atoms with van der Waals surface area (Å²) in [6, 6.07) is 70.2. The fourth-order valence-electron chi connectivity index (χ4n) is 7.37. The van der Waals surface area contributed by atoms with Crippen molar-refractivity contribution in [3.63, 3.8) is 0 Å². The Labute approximate surface area is 310 Å². The van der Waals surface area contributed by atoms with E-state index in [0.29, 0.717) is 0 Å². The lowest BCUT2D eigenvalue weighted by Crippen LogP contribution is -2.09. The van der Waals surface area contributed by atoms with Crippen molar-refractivity contribution < 1.29 is 0 Å². The summed E-state index contributed by atoms with van der Waals surface area (Å²) in [6.45, 7) is 0. The molecule has 0 amide bonds. The van der Waals surface area contributed by atoms with Crippen molar-refractivity contribution in [2.45, 2.75) is 0 Å². The lowest BCUT2D eigenvalue weighted by atomic mass is 10.0. The molecule has 0 aliphatic carbocycles. The van der Waals surface area contributed by atoms with Crippen LogP contribution < -0.4 is 9.80 Å². The molecule has 0 atom stereocenters. The van der Waals surface area contributed by atoms with Crippen LogP contribution in [0, 0.1) is 0 Å². The average molecular weight is 701 g/mol. The summed E-state index contributed by atoms with van der Waals surface area (Å²) in [5.74, 6) is 0. The number of nitrogens with zero attached hydrogens (tertiary/aromatic N) is 2. The minimum Gasteiger partial charge on any atom is -0.310 e. The number of anilines is 6. The van der Waals surface area contributed by atoms with Gasteiger partial charge in [0.25, 0.3) is 0 Å². The zero-order valence-corrected chi connectivity index (χ0v) is 29.8. The van der Waals surface area contributed by atoms with Crippen LogP contribution in [-0.4, -0.2) is 0 Å². The molecule has 52 heavy (non-hydrogen) atoms. The maximum atomic E-state index is 2.36. The first-order valence-corrected chi connectivity index (χ1v) is 19.1. The molecule has 0 radical (unpaired) electrons. The van der Waals surface area contributed by atoms with Gasteiger partial charge in [-0.1, -0.05) is 103 Å². The molecule has 0 saturated heterocycles. The first kappa shape index (κ1) is 30.6. The van der Waals surface area contributed by atoms with Gasteiger partial charge in [-0.15, -0.1) is 22.7 Å². The third-order valence-corrected chi connectivity index (χ3v) is 12.1. The van der Waals surface area contributed by atoms with Gasteiger partial charge < -0.3 is 9.80 Å². The van der Waals surface area contributed by atoms with Crippen molar-refractivity contribution in [3.05, 3.63) is 194 Å². The van der Waals surface area contributed by atoms with Crippen LogP contribution in [0.4, 0.5) is 34.1 Å². The zero-order valence-electron chi connectivity index (χ0n) is 28.2. The first-order valence-electron chi connectivity index (χ1n) is 17.5. The number of rotatable bonds is 7. The Balaban J connectivity index is 1.03. The maximum absolute atomic E-state index is 2.36. The molecular formula is C48H32N2S2. The molecule has 0 saturated carbocycles. The van der Waals surface area contributed by atoms with Gasteiger partial charge in [0.05, 0.1) is 0 Å². The van der Waals surface area contributed by atoms with Crippen molar-refractivity contribution in [2.24, 2.45) is 0 Å². The lowest BCUT2D eigenvalue weighted by molar-refractivity contribution is 1.29. The molecule has 246 valence electrons. The van der Waals surface area contributed by atoms with Crippen LogP contribution >= 0.6 is 22.7 Å². The van der Waals surface area contributed by atoms with Gasteiger partial charge in [-0.25, -0.2) is 0 Å². The summed E-state index contributed by atoms with van der Waals surface area (Å²) in [5, 5.41) is 5.20. The molecule has 4 heteroatoms. The molecular weight excluding hydrogens is 669 g/mol. The lowest BCUT2D eigenvalue weighted by Gasteiger charge is -2.26. The fraction of sp³-hybridized carbons (Fsp3) is 0. The highest BCUT2D eigenvalue weighted by atomic mass is 32.1. The molecule has 0 aliphatic heterocycles. The van der Waals surface area contributed by atoms with E-state index in [1.165, 1.54) is 51.5 Å². The maximum Gasteiger partial charge on any atom is 0.0476 e. The van der Waals surface area contributed by atoms with Gasteiger partial charge in [0.15, 0.2) is 0 Å². The zero-order chi connectivity index (χ0) is 34.4. The Morgan fingerprint density at radius 3 is 1.33 bits per heavy atom. The van der Waals surface area contributed by atoms with E-state index in [0.717, 1.165) is 34.1 Å². The second kappa shape index (κ2) is 12.8. The highest BCUT2D eigenvalue weighted by Crippen LogP contribution is 2.44. The summed E-state index contributed by atoms with van der Waals surface area (Å²) in [5.41, 5.74) is 9.27. The Bertz CT molecular complexity index is 2800. The monoisotopic (exact) mass is 700 g/mol. The second-order valence-electron chi connectivity index (χ2n) is 13.0. The van der Waals surface area contributed by atoms with Gasteiger partial charge in [0.2, 0.25) is 0 Å². The normalized spacial score (nSPS) is 11.5. The van der Waals surface area contributed by atoms with Crippen LogP contribution in [-0.2, 0) is 0 Å². The van der Waals surface area contributed by atoms with E-state index in [-0.39, 0.29) is 0 Å². The van der Waals surface area contributed by atoms with Crippen molar-refractivity contribution in [3.8, 4) is 11.1 Å². The topological polar surface area (TPSA) is 6.48 Å². The predicted molar refractivity (Wildman–Crippen MR) is 227 cm³/mol. The molecule has 0 fully saturated rings. The van der Waals surface area contributed by atoms with Crippen molar-refractivity contribution in [1.82, 2.24) is 0 Å². The summed E-state index contributed by atoms with van der Waals surface area (Å²) in [7, 11) is 0. The first-order chi connectivity index (χ1) is 25.8. The van der Waals surface area contributed by atoms with Gasteiger partial charge in [0.1, 0.15) is 0 Å². The van der Waals surface area contributed by atoms with Crippen LogP contribution in [0.1, 0.15) is 0 Å².